The van der Waals surface area contributed by atoms with Crippen molar-refractivity contribution in [3.63, 3.8) is 0 Å². The summed E-state index contributed by atoms with van der Waals surface area (Å²) in [7, 11) is 0. The Morgan fingerprint density at radius 3 is 2.32 bits per heavy atom. The SMILES string of the molecule is O=C(c1ccccc1)c1ccccc1C(=O)N1CCC[C@H](CO)CC1. The van der Waals surface area contributed by atoms with Crippen molar-refractivity contribution in [2.24, 2.45) is 5.92 Å². The Hall–Kier alpha value is -2.46. The minimum Gasteiger partial charge on any atom is -0.396 e. The van der Waals surface area contributed by atoms with Gasteiger partial charge in [0.15, 0.2) is 5.78 Å². The summed E-state index contributed by atoms with van der Waals surface area (Å²) in [6, 6.07) is 16.1. The zero-order valence-corrected chi connectivity index (χ0v) is 14.2. The summed E-state index contributed by atoms with van der Waals surface area (Å²) in [6.45, 7) is 1.46. The Balaban J connectivity index is 1.85. The zero-order chi connectivity index (χ0) is 17.6. The lowest BCUT2D eigenvalue weighted by Gasteiger charge is -2.22. The Morgan fingerprint density at radius 1 is 0.920 bits per heavy atom. The van der Waals surface area contributed by atoms with E-state index in [-0.39, 0.29) is 24.2 Å². The van der Waals surface area contributed by atoms with Crippen molar-refractivity contribution in [1.82, 2.24) is 4.90 Å². The third kappa shape index (κ3) is 3.97. The number of aliphatic hydroxyl groups is 1. The van der Waals surface area contributed by atoms with Gasteiger partial charge in [-0.2, -0.15) is 0 Å². The van der Waals surface area contributed by atoms with Crippen LogP contribution in [0.1, 0.15) is 45.5 Å². The summed E-state index contributed by atoms with van der Waals surface area (Å²) in [5.41, 5.74) is 1.49. The molecule has 0 aliphatic carbocycles. The Morgan fingerprint density at radius 2 is 1.60 bits per heavy atom. The number of hydrogen-bond acceptors (Lipinski definition) is 3. The second kappa shape index (κ2) is 8.08. The first-order valence-corrected chi connectivity index (χ1v) is 8.79. The third-order valence-corrected chi connectivity index (χ3v) is 4.83. The van der Waals surface area contributed by atoms with Gasteiger partial charge in [-0.3, -0.25) is 9.59 Å². The lowest BCUT2D eigenvalue weighted by atomic mass is 9.97. The van der Waals surface area contributed by atoms with Gasteiger partial charge < -0.3 is 10.0 Å². The van der Waals surface area contributed by atoms with Gasteiger partial charge in [-0.25, -0.2) is 0 Å². The van der Waals surface area contributed by atoms with Crippen molar-refractivity contribution in [2.45, 2.75) is 19.3 Å². The first kappa shape index (κ1) is 17.4. The van der Waals surface area contributed by atoms with Gasteiger partial charge in [0.2, 0.25) is 0 Å². The van der Waals surface area contributed by atoms with Gasteiger partial charge in [-0.1, -0.05) is 48.5 Å². The quantitative estimate of drug-likeness (QED) is 0.872. The predicted octanol–water partition coefficient (Wildman–Crippen LogP) is 3.15. The van der Waals surface area contributed by atoms with E-state index in [0.717, 1.165) is 19.3 Å². The Labute approximate surface area is 148 Å². The fourth-order valence-corrected chi connectivity index (χ4v) is 3.33. The molecule has 0 aromatic heterocycles. The van der Waals surface area contributed by atoms with Gasteiger partial charge in [-0.15, -0.1) is 0 Å². The van der Waals surface area contributed by atoms with Crippen molar-refractivity contribution >= 4 is 11.7 Å². The standard InChI is InChI=1S/C21H23NO3/c23-15-16-7-6-13-22(14-12-16)21(25)19-11-5-4-10-18(19)20(24)17-8-2-1-3-9-17/h1-5,8-11,16,23H,6-7,12-15H2/t16-/m0/s1. The maximum absolute atomic E-state index is 13.0. The van der Waals surface area contributed by atoms with Gasteiger partial charge in [0.05, 0.1) is 5.56 Å². The molecule has 1 heterocycles. The molecule has 4 heteroatoms. The molecule has 1 aliphatic rings. The highest BCUT2D eigenvalue weighted by Gasteiger charge is 2.24. The van der Waals surface area contributed by atoms with E-state index in [1.807, 2.05) is 23.1 Å². The van der Waals surface area contributed by atoms with E-state index in [9.17, 15) is 14.7 Å². The maximum Gasteiger partial charge on any atom is 0.254 e. The van der Waals surface area contributed by atoms with Crippen LogP contribution in [0, 0.1) is 5.92 Å². The van der Waals surface area contributed by atoms with Gasteiger partial charge in [-0.05, 0) is 31.2 Å². The van der Waals surface area contributed by atoms with Crippen LogP contribution in [-0.4, -0.2) is 41.4 Å². The fourth-order valence-electron chi connectivity index (χ4n) is 3.33. The summed E-state index contributed by atoms with van der Waals surface area (Å²) in [5.74, 6) is 0.0325. The van der Waals surface area contributed by atoms with Crippen molar-refractivity contribution in [3.05, 3.63) is 71.3 Å². The smallest absolute Gasteiger partial charge is 0.254 e. The highest BCUT2D eigenvalue weighted by molar-refractivity contribution is 6.15. The number of nitrogens with zero attached hydrogens (tertiary/aromatic N) is 1. The number of carbonyl (C=O) groups excluding carboxylic acids is 2. The van der Waals surface area contributed by atoms with E-state index in [2.05, 4.69) is 0 Å². The van der Waals surface area contributed by atoms with Gasteiger partial charge >= 0.3 is 0 Å². The minimum absolute atomic E-state index is 0.0986. The molecule has 4 nitrogen and oxygen atoms in total. The van der Waals surface area contributed by atoms with Crippen molar-refractivity contribution in [2.75, 3.05) is 19.7 Å². The van der Waals surface area contributed by atoms with Crippen LogP contribution >= 0.6 is 0 Å². The van der Waals surface area contributed by atoms with Gasteiger partial charge in [0, 0.05) is 30.8 Å². The van der Waals surface area contributed by atoms with E-state index in [0.29, 0.717) is 29.8 Å². The van der Waals surface area contributed by atoms with E-state index in [1.54, 1.807) is 36.4 Å². The second-order valence-electron chi connectivity index (χ2n) is 6.51. The number of amides is 1. The molecule has 130 valence electrons. The number of benzene rings is 2. The summed E-state index contributed by atoms with van der Waals surface area (Å²) < 4.78 is 0. The summed E-state index contributed by atoms with van der Waals surface area (Å²) in [6.07, 6.45) is 2.62. The molecule has 0 radical (unpaired) electrons. The van der Waals surface area contributed by atoms with Crippen LogP contribution < -0.4 is 0 Å². The van der Waals surface area contributed by atoms with Crippen LogP contribution in [0.3, 0.4) is 0 Å². The van der Waals surface area contributed by atoms with Crippen LogP contribution in [0.2, 0.25) is 0 Å². The molecule has 0 bridgehead atoms. The van der Waals surface area contributed by atoms with E-state index in [1.165, 1.54) is 0 Å². The third-order valence-electron chi connectivity index (χ3n) is 4.83. The van der Waals surface area contributed by atoms with E-state index < -0.39 is 0 Å². The molecular formula is C21H23NO3. The highest BCUT2D eigenvalue weighted by Crippen LogP contribution is 2.21. The minimum atomic E-state index is -0.132. The number of rotatable bonds is 4. The fraction of sp³-hybridized carbons (Fsp3) is 0.333. The molecule has 1 amide bonds. The first-order chi connectivity index (χ1) is 12.2. The van der Waals surface area contributed by atoms with Crippen molar-refractivity contribution < 1.29 is 14.7 Å². The molecule has 2 aromatic carbocycles. The lowest BCUT2D eigenvalue weighted by Crippen LogP contribution is -2.33. The average Bonchev–Trinajstić information content (AvgIpc) is 2.93. The zero-order valence-electron chi connectivity index (χ0n) is 14.2. The number of likely N-dealkylation sites (tertiary alicyclic amines) is 1. The van der Waals surface area contributed by atoms with Crippen molar-refractivity contribution in [1.29, 1.82) is 0 Å². The van der Waals surface area contributed by atoms with E-state index >= 15 is 0 Å². The van der Waals surface area contributed by atoms with Crippen molar-refractivity contribution in [3.8, 4) is 0 Å². The molecule has 1 aliphatic heterocycles. The molecule has 0 saturated carbocycles. The average molecular weight is 337 g/mol. The second-order valence-corrected chi connectivity index (χ2v) is 6.51. The first-order valence-electron chi connectivity index (χ1n) is 8.79. The summed E-state index contributed by atoms with van der Waals surface area (Å²) in [4.78, 5) is 27.6. The maximum atomic E-state index is 13.0. The highest BCUT2D eigenvalue weighted by atomic mass is 16.3. The number of carbonyl (C=O) groups is 2. The Kier molecular flexibility index (Phi) is 5.61. The largest absolute Gasteiger partial charge is 0.396 e. The van der Waals surface area contributed by atoms with Crippen LogP contribution in [0.4, 0.5) is 0 Å². The van der Waals surface area contributed by atoms with Crippen LogP contribution in [0.5, 0.6) is 0 Å². The lowest BCUT2D eigenvalue weighted by molar-refractivity contribution is 0.0753. The number of hydrogen-bond donors (Lipinski definition) is 1. The molecule has 2 aromatic rings. The molecule has 1 atom stereocenters. The summed E-state index contributed by atoms with van der Waals surface area (Å²) in [5, 5.41) is 9.35. The predicted molar refractivity (Wildman–Crippen MR) is 96.6 cm³/mol. The number of ketones is 1. The monoisotopic (exact) mass is 337 g/mol. The van der Waals surface area contributed by atoms with Crippen LogP contribution in [0.15, 0.2) is 54.6 Å². The van der Waals surface area contributed by atoms with Gasteiger partial charge in [0.25, 0.3) is 5.91 Å². The van der Waals surface area contributed by atoms with Crippen LogP contribution in [-0.2, 0) is 0 Å². The molecule has 1 N–H and O–H groups in total. The summed E-state index contributed by atoms with van der Waals surface area (Å²) >= 11 is 0. The molecule has 3 rings (SSSR count). The molecular weight excluding hydrogens is 314 g/mol. The molecule has 1 saturated heterocycles. The number of aliphatic hydroxyl groups excluding tert-OH is 1. The topological polar surface area (TPSA) is 57.6 Å². The normalized spacial score (nSPS) is 17.8. The van der Waals surface area contributed by atoms with Crippen LogP contribution in [0.25, 0.3) is 0 Å². The van der Waals surface area contributed by atoms with Gasteiger partial charge in [0.1, 0.15) is 0 Å². The molecule has 0 unspecified atom stereocenters. The van der Waals surface area contributed by atoms with E-state index in [4.69, 9.17) is 0 Å². The Bertz CT molecular complexity index is 742. The molecule has 1 fully saturated rings. The molecule has 0 spiro atoms. The molecule has 25 heavy (non-hydrogen) atoms.